The largest absolute Gasteiger partial charge is 0.483 e. The molecule has 0 aliphatic carbocycles. The summed E-state index contributed by atoms with van der Waals surface area (Å²) in [6.45, 7) is 9.35. The molecule has 0 saturated heterocycles. The van der Waals surface area contributed by atoms with Crippen LogP contribution >= 0.6 is 0 Å². The van der Waals surface area contributed by atoms with Crippen LogP contribution in [0.4, 0.5) is 0 Å². The zero-order chi connectivity index (χ0) is 15.1. The minimum atomic E-state index is -0.250. The highest BCUT2D eigenvalue weighted by atomic mass is 16.7. The minimum absolute atomic E-state index is 0.00574. The van der Waals surface area contributed by atoms with E-state index in [-0.39, 0.29) is 12.5 Å². The van der Waals surface area contributed by atoms with Crippen LogP contribution < -0.4 is 0 Å². The minimum Gasteiger partial charge on any atom is -0.483 e. The average Bonchev–Trinajstić information content (AvgIpc) is 2.43. The Labute approximate surface area is 114 Å². The monoisotopic (exact) mass is 272 g/mol. The summed E-state index contributed by atoms with van der Waals surface area (Å²) in [5.41, 5.74) is 0. The zero-order valence-corrected chi connectivity index (χ0v) is 11.9. The summed E-state index contributed by atoms with van der Waals surface area (Å²) in [5.74, 6) is 0. The van der Waals surface area contributed by atoms with Crippen LogP contribution in [-0.2, 0) is 14.4 Å². The second-order valence-electron chi connectivity index (χ2n) is 3.37. The number of hydrogen-bond donors (Lipinski definition) is 1. The quantitative estimate of drug-likeness (QED) is 0.462. The summed E-state index contributed by atoms with van der Waals surface area (Å²) >= 11 is 0. The van der Waals surface area contributed by atoms with E-state index < -0.39 is 0 Å². The molecular weight excluding hydrogens is 248 g/mol. The normalized spacial score (nSPS) is 17.1. The maximum absolute atomic E-state index is 10.7. The van der Waals surface area contributed by atoms with E-state index in [9.17, 15) is 4.79 Å². The summed E-state index contributed by atoms with van der Waals surface area (Å²) in [5, 5.41) is 8.22. The second kappa shape index (κ2) is 14.4. The molecule has 0 aromatic carbocycles. The molecule has 0 saturated carbocycles. The number of hydroxylamine groups is 2. The van der Waals surface area contributed by atoms with Gasteiger partial charge in [-0.05, 0) is 7.05 Å². The number of likely N-dealkylation sites (N-methyl/N-ethyl adjacent to an activating group) is 1. The molecule has 19 heavy (non-hydrogen) atoms. The fourth-order valence-corrected chi connectivity index (χ4v) is 1.36. The molecular formula is C13H24N2O4. The van der Waals surface area contributed by atoms with Gasteiger partial charge >= 0.3 is 0 Å². The first-order chi connectivity index (χ1) is 9.19. The van der Waals surface area contributed by atoms with Crippen molar-refractivity contribution in [2.45, 2.75) is 19.9 Å². The van der Waals surface area contributed by atoms with Gasteiger partial charge in [0.2, 0.25) is 6.41 Å². The first-order valence-electron chi connectivity index (χ1n) is 6.10. The molecule has 1 N–H and O–H groups in total. The molecule has 1 aliphatic heterocycles. The van der Waals surface area contributed by atoms with Crippen LogP contribution in [0.1, 0.15) is 13.8 Å². The van der Waals surface area contributed by atoms with Gasteiger partial charge in [0.05, 0.1) is 12.6 Å². The van der Waals surface area contributed by atoms with Gasteiger partial charge in [-0.15, -0.1) is 6.58 Å². The molecule has 0 unspecified atom stereocenters. The van der Waals surface area contributed by atoms with Crippen molar-refractivity contribution in [1.29, 1.82) is 0 Å². The molecule has 0 bridgehead atoms. The molecule has 1 aliphatic rings. The molecule has 1 heterocycles. The molecule has 1 amide bonds. The standard InChI is InChI=1S/C10H16N2O2.C2H6.CH2O2/c1-3-7-14-12(9-13)10-5-4-6-11(2)8-10;1-2;2-1-3/h3-5,9-10H,1,6-8H2,2H3;1-2H3;1H,(H,2,3)/t10-;;/m1../s1. The lowest BCUT2D eigenvalue weighted by atomic mass is 10.2. The van der Waals surface area contributed by atoms with Crippen molar-refractivity contribution in [2.75, 3.05) is 26.7 Å². The van der Waals surface area contributed by atoms with Crippen molar-refractivity contribution in [2.24, 2.45) is 0 Å². The van der Waals surface area contributed by atoms with E-state index in [1.165, 1.54) is 5.06 Å². The lowest BCUT2D eigenvalue weighted by molar-refractivity contribution is -0.177. The number of amides is 1. The Bertz CT molecular complexity index is 269. The number of rotatable bonds is 5. The lowest BCUT2D eigenvalue weighted by Gasteiger charge is -2.30. The first kappa shape index (κ1) is 19.7. The number of nitrogens with zero attached hydrogens (tertiary/aromatic N) is 2. The van der Waals surface area contributed by atoms with Crippen LogP contribution in [0.25, 0.3) is 0 Å². The van der Waals surface area contributed by atoms with Crippen molar-refractivity contribution in [3.63, 3.8) is 0 Å². The van der Waals surface area contributed by atoms with E-state index in [1.54, 1.807) is 6.08 Å². The van der Waals surface area contributed by atoms with Gasteiger partial charge in [0.25, 0.3) is 6.47 Å². The van der Waals surface area contributed by atoms with E-state index in [1.807, 2.05) is 33.0 Å². The molecule has 0 fully saturated rings. The number of carbonyl (C=O) groups excluding carboxylic acids is 1. The molecule has 6 heteroatoms. The number of hydrogen-bond acceptors (Lipinski definition) is 4. The van der Waals surface area contributed by atoms with Crippen LogP contribution in [0, 0.1) is 0 Å². The Morgan fingerprint density at radius 2 is 2.11 bits per heavy atom. The van der Waals surface area contributed by atoms with Crippen molar-refractivity contribution < 1.29 is 19.5 Å². The van der Waals surface area contributed by atoms with Crippen LogP contribution in [0.15, 0.2) is 24.8 Å². The van der Waals surface area contributed by atoms with Gasteiger partial charge in [-0.25, -0.2) is 5.06 Å². The summed E-state index contributed by atoms with van der Waals surface area (Å²) in [6.07, 6.45) is 6.34. The predicted molar refractivity (Wildman–Crippen MR) is 74.5 cm³/mol. The Morgan fingerprint density at radius 1 is 1.53 bits per heavy atom. The molecule has 1 atom stereocenters. The van der Waals surface area contributed by atoms with Crippen molar-refractivity contribution >= 4 is 12.9 Å². The zero-order valence-electron chi connectivity index (χ0n) is 11.9. The van der Waals surface area contributed by atoms with Crippen LogP contribution in [0.3, 0.4) is 0 Å². The van der Waals surface area contributed by atoms with Crippen molar-refractivity contribution in [1.82, 2.24) is 9.96 Å². The van der Waals surface area contributed by atoms with E-state index in [2.05, 4.69) is 11.5 Å². The van der Waals surface area contributed by atoms with E-state index in [0.717, 1.165) is 13.1 Å². The Kier molecular flexibility index (Phi) is 14.9. The summed E-state index contributed by atoms with van der Waals surface area (Å²) in [4.78, 5) is 26.4. The highest BCUT2D eigenvalue weighted by Crippen LogP contribution is 2.07. The third kappa shape index (κ3) is 9.99. The molecule has 0 radical (unpaired) electrons. The highest BCUT2D eigenvalue weighted by Gasteiger charge is 2.19. The van der Waals surface area contributed by atoms with Gasteiger partial charge in [0.15, 0.2) is 0 Å². The van der Waals surface area contributed by atoms with E-state index in [4.69, 9.17) is 14.7 Å². The summed E-state index contributed by atoms with van der Waals surface area (Å²) < 4.78 is 0. The Morgan fingerprint density at radius 3 is 2.53 bits per heavy atom. The Balaban J connectivity index is 0. The van der Waals surface area contributed by atoms with E-state index >= 15 is 0 Å². The molecule has 1 rings (SSSR count). The van der Waals surface area contributed by atoms with Crippen LogP contribution in [0.5, 0.6) is 0 Å². The molecule has 0 spiro atoms. The molecule has 0 aromatic rings. The fraction of sp³-hybridized carbons (Fsp3) is 0.538. The van der Waals surface area contributed by atoms with Gasteiger partial charge in [-0.2, -0.15) is 0 Å². The van der Waals surface area contributed by atoms with Gasteiger partial charge in [-0.1, -0.05) is 32.1 Å². The number of carbonyl (C=O) groups is 2. The van der Waals surface area contributed by atoms with E-state index in [0.29, 0.717) is 13.0 Å². The van der Waals surface area contributed by atoms with Crippen LogP contribution in [0.2, 0.25) is 0 Å². The first-order valence-corrected chi connectivity index (χ1v) is 6.10. The second-order valence-corrected chi connectivity index (χ2v) is 3.37. The maximum Gasteiger partial charge on any atom is 0.290 e. The average molecular weight is 272 g/mol. The smallest absolute Gasteiger partial charge is 0.290 e. The summed E-state index contributed by atoms with van der Waals surface area (Å²) in [7, 11) is 2.01. The van der Waals surface area contributed by atoms with Gasteiger partial charge in [0, 0.05) is 13.1 Å². The Hall–Kier alpha value is -1.66. The topological polar surface area (TPSA) is 70.1 Å². The highest BCUT2D eigenvalue weighted by molar-refractivity contribution is 5.46. The predicted octanol–water partition coefficient (Wildman–Crippen LogP) is 1.16. The molecule has 0 aromatic heterocycles. The maximum atomic E-state index is 10.7. The third-order valence-corrected chi connectivity index (χ3v) is 2.05. The molecule has 110 valence electrons. The molecule has 6 nitrogen and oxygen atoms in total. The lowest BCUT2D eigenvalue weighted by Crippen LogP contribution is -2.43. The SMILES string of the molecule is C=CCON(C=O)[C@@H]1C=CCN(C)C1.CC.O=CO. The van der Waals surface area contributed by atoms with Crippen LogP contribution in [-0.4, -0.2) is 60.7 Å². The van der Waals surface area contributed by atoms with Gasteiger partial charge in [-0.3, -0.25) is 14.4 Å². The summed E-state index contributed by atoms with van der Waals surface area (Å²) in [6, 6.07) is 0.00574. The van der Waals surface area contributed by atoms with Crippen molar-refractivity contribution in [3.8, 4) is 0 Å². The fourth-order valence-electron chi connectivity index (χ4n) is 1.36. The number of carboxylic acid groups (broad SMARTS) is 1. The van der Waals surface area contributed by atoms with Crippen molar-refractivity contribution in [3.05, 3.63) is 24.8 Å². The van der Waals surface area contributed by atoms with Gasteiger partial charge in [0.1, 0.15) is 0 Å². The van der Waals surface area contributed by atoms with Gasteiger partial charge < -0.3 is 10.0 Å². The third-order valence-electron chi connectivity index (χ3n) is 2.05.